The zero-order chi connectivity index (χ0) is 22.5. The van der Waals surface area contributed by atoms with Crippen LogP contribution in [0.4, 0.5) is 9.39 Å². The van der Waals surface area contributed by atoms with E-state index in [9.17, 15) is 14.0 Å². The summed E-state index contributed by atoms with van der Waals surface area (Å²) in [4.78, 5) is 26.0. The summed E-state index contributed by atoms with van der Waals surface area (Å²) in [7, 11) is 0. The van der Waals surface area contributed by atoms with Crippen molar-refractivity contribution in [2.45, 2.75) is 12.1 Å². The zero-order valence-corrected chi connectivity index (χ0v) is 19.1. The molecule has 32 heavy (non-hydrogen) atoms. The van der Waals surface area contributed by atoms with Gasteiger partial charge < -0.3 is 14.5 Å². The Hall–Kier alpha value is -3.02. The minimum atomic E-state index is -0.494. The van der Waals surface area contributed by atoms with Crippen LogP contribution in [0, 0.1) is 5.82 Å². The first-order valence-electron chi connectivity index (χ1n) is 9.40. The van der Waals surface area contributed by atoms with E-state index in [1.165, 1.54) is 34.8 Å². The number of ether oxygens (including phenoxy) is 1. The number of halogens is 1. The van der Waals surface area contributed by atoms with Gasteiger partial charge in [0.05, 0.1) is 17.9 Å². The van der Waals surface area contributed by atoms with Crippen molar-refractivity contribution in [1.29, 1.82) is 0 Å². The summed E-state index contributed by atoms with van der Waals surface area (Å²) in [6.45, 7) is 1.95. The Morgan fingerprint density at radius 1 is 1.16 bits per heavy atom. The molecule has 7 nitrogen and oxygen atoms in total. The van der Waals surface area contributed by atoms with Gasteiger partial charge in [-0.1, -0.05) is 30.0 Å². The van der Waals surface area contributed by atoms with Gasteiger partial charge in [-0.15, -0.1) is 32.9 Å². The first-order valence-corrected chi connectivity index (χ1v) is 12.1. The number of amides is 1. The molecule has 1 amide bonds. The van der Waals surface area contributed by atoms with E-state index in [0.717, 1.165) is 22.2 Å². The van der Waals surface area contributed by atoms with Crippen molar-refractivity contribution in [3.63, 3.8) is 0 Å². The van der Waals surface area contributed by atoms with Crippen LogP contribution in [0.15, 0.2) is 56.8 Å². The van der Waals surface area contributed by atoms with Crippen LogP contribution in [0.2, 0.25) is 0 Å². The lowest BCUT2D eigenvalue weighted by molar-refractivity contribution is -0.113. The van der Waals surface area contributed by atoms with Gasteiger partial charge in [-0.25, -0.2) is 9.18 Å². The first-order chi connectivity index (χ1) is 15.6. The van der Waals surface area contributed by atoms with Gasteiger partial charge in [0.25, 0.3) is 11.1 Å². The number of thiophene rings is 2. The number of hydrogen-bond donors (Lipinski definition) is 1. The lowest BCUT2D eigenvalue weighted by Crippen LogP contribution is -2.16. The molecule has 3 heterocycles. The Morgan fingerprint density at radius 2 is 2.00 bits per heavy atom. The highest BCUT2D eigenvalue weighted by atomic mass is 32.2. The maximum Gasteiger partial charge on any atom is 0.341 e. The molecule has 0 atom stereocenters. The molecule has 4 aromatic rings. The van der Waals surface area contributed by atoms with Crippen LogP contribution in [-0.2, 0) is 9.53 Å². The summed E-state index contributed by atoms with van der Waals surface area (Å²) < 4.78 is 24.5. The quantitative estimate of drug-likeness (QED) is 0.255. The standard InChI is InChI=1S/C21H16FN3O4S3/c1-2-28-20(27)17-13(15-8-5-9-30-15)10-31-19(17)23-16(26)11-32-21-25-24-18(29-21)12-6-3-4-7-14(12)22/h3-10H,2,11H2,1H3,(H,23,26). The fourth-order valence-electron chi connectivity index (χ4n) is 2.77. The lowest BCUT2D eigenvalue weighted by Gasteiger charge is -2.07. The van der Waals surface area contributed by atoms with Crippen LogP contribution in [-0.4, -0.2) is 34.4 Å². The Labute approximate surface area is 194 Å². The van der Waals surface area contributed by atoms with Crippen LogP contribution in [0.1, 0.15) is 17.3 Å². The first kappa shape index (κ1) is 22.2. The number of benzene rings is 1. The second kappa shape index (κ2) is 10.1. The summed E-state index contributed by atoms with van der Waals surface area (Å²) in [5, 5.41) is 14.7. The summed E-state index contributed by atoms with van der Waals surface area (Å²) >= 11 is 3.76. The predicted molar refractivity (Wildman–Crippen MR) is 123 cm³/mol. The largest absolute Gasteiger partial charge is 0.462 e. The third kappa shape index (κ3) is 4.90. The monoisotopic (exact) mass is 489 g/mol. The second-order valence-electron chi connectivity index (χ2n) is 6.24. The number of anilines is 1. The Bertz CT molecular complexity index is 1240. The molecule has 0 unspecified atom stereocenters. The van der Waals surface area contributed by atoms with Gasteiger partial charge in [0, 0.05) is 15.8 Å². The fourth-order valence-corrected chi connectivity index (χ4v) is 5.12. The average Bonchev–Trinajstić information content (AvgIpc) is 3.53. The molecule has 4 rings (SSSR count). The summed E-state index contributed by atoms with van der Waals surface area (Å²) in [6.07, 6.45) is 0. The molecule has 11 heteroatoms. The Morgan fingerprint density at radius 3 is 2.75 bits per heavy atom. The second-order valence-corrected chi connectivity index (χ2v) is 9.00. The number of hydrogen-bond acceptors (Lipinski definition) is 9. The number of carbonyl (C=O) groups excluding carboxylic acids is 2. The van der Waals surface area contributed by atoms with Crippen molar-refractivity contribution in [3.8, 4) is 21.9 Å². The average molecular weight is 490 g/mol. The van der Waals surface area contributed by atoms with Crippen molar-refractivity contribution in [1.82, 2.24) is 10.2 Å². The van der Waals surface area contributed by atoms with Crippen molar-refractivity contribution in [2.75, 3.05) is 17.7 Å². The molecule has 0 aliphatic heterocycles. The molecule has 0 aliphatic carbocycles. The SMILES string of the molecule is CCOC(=O)c1c(-c2cccs2)csc1NC(=O)CSc1nnc(-c2ccccc2F)o1. The topological polar surface area (TPSA) is 94.3 Å². The van der Waals surface area contributed by atoms with Crippen LogP contribution in [0.5, 0.6) is 0 Å². The van der Waals surface area contributed by atoms with E-state index in [1.54, 1.807) is 19.1 Å². The summed E-state index contributed by atoms with van der Waals surface area (Å²) in [5.74, 6) is -1.32. The van der Waals surface area contributed by atoms with E-state index >= 15 is 0 Å². The Kier molecular flexibility index (Phi) is 6.98. The van der Waals surface area contributed by atoms with Gasteiger partial charge in [-0.3, -0.25) is 4.79 Å². The number of esters is 1. The fraction of sp³-hybridized carbons (Fsp3) is 0.143. The van der Waals surface area contributed by atoms with E-state index in [4.69, 9.17) is 9.15 Å². The number of nitrogens with one attached hydrogen (secondary N) is 1. The summed E-state index contributed by atoms with van der Waals surface area (Å²) in [6, 6.07) is 9.85. The third-order valence-corrected chi connectivity index (χ3v) is 6.76. The highest BCUT2D eigenvalue weighted by molar-refractivity contribution is 7.99. The van der Waals surface area contributed by atoms with Crippen LogP contribution < -0.4 is 5.32 Å². The maximum absolute atomic E-state index is 13.9. The van der Waals surface area contributed by atoms with Gasteiger partial charge in [-0.2, -0.15) is 0 Å². The molecule has 1 N–H and O–H groups in total. The molecule has 0 saturated heterocycles. The lowest BCUT2D eigenvalue weighted by atomic mass is 10.1. The molecule has 0 aliphatic rings. The molecule has 0 radical (unpaired) electrons. The Balaban J connectivity index is 1.45. The minimum absolute atomic E-state index is 0.0343. The van der Waals surface area contributed by atoms with Crippen LogP contribution in [0.25, 0.3) is 21.9 Å². The van der Waals surface area contributed by atoms with Crippen molar-refractivity contribution < 1.29 is 23.1 Å². The number of thioether (sulfide) groups is 1. The molecule has 3 aromatic heterocycles. The molecular weight excluding hydrogens is 473 g/mol. The molecular formula is C21H16FN3O4S3. The van der Waals surface area contributed by atoms with Crippen molar-refractivity contribution >= 4 is 51.3 Å². The number of rotatable bonds is 8. The van der Waals surface area contributed by atoms with E-state index < -0.39 is 11.8 Å². The van der Waals surface area contributed by atoms with E-state index in [1.807, 2.05) is 22.9 Å². The van der Waals surface area contributed by atoms with Gasteiger partial charge in [0.1, 0.15) is 16.4 Å². The zero-order valence-electron chi connectivity index (χ0n) is 16.7. The van der Waals surface area contributed by atoms with E-state index in [2.05, 4.69) is 15.5 Å². The molecule has 0 fully saturated rings. The van der Waals surface area contributed by atoms with Crippen LogP contribution in [0.3, 0.4) is 0 Å². The van der Waals surface area contributed by atoms with Gasteiger partial charge in [0.2, 0.25) is 5.91 Å². The highest BCUT2D eigenvalue weighted by Crippen LogP contribution is 2.38. The molecule has 0 spiro atoms. The molecule has 0 saturated carbocycles. The molecule has 1 aromatic carbocycles. The van der Waals surface area contributed by atoms with Crippen molar-refractivity contribution in [3.05, 3.63) is 58.5 Å². The third-order valence-electron chi connectivity index (χ3n) is 4.15. The molecule has 164 valence electrons. The van der Waals surface area contributed by atoms with E-state index in [-0.39, 0.29) is 34.9 Å². The van der Waals surface area contributed by atoms with Crippen molar-refractivity contribution in [2.24, 2.45) is 0 Å². The van der Waals surface area contributed by atoms with E-state index in [0.29, 0.717) is 10.6 Å². The number of nitrogens with zero attached hydrogens (tertiary/aromatic N) is 2. The summed E-state index contributed by atoms with van der Waals surface area (Å²) in [5.41, 5.74) is 1.24. The van der Waals surface area contributed by atoms with Crippen LogP contribution >= 0.6 is 34.4 Å². The highest BCUT2D eigenvalue weighted by Gasteiger charge is 2.23. The smallest absolute Gasteiger partial charge is 0.341 e. The van der Waals surface area contributed by atoms with Gasteiger partial charge in [0.15, 0.2) is 0 Å². The molecule has 0 bridgehead atoms. The predicted octanol–water partition coefficient (Wildman–Crippen LogP) is 5.57. The maximum atomic E-state index is 13.9. The number of carbonyl (C=O) groups is 2. The normalized spacial score (nSPS) is 10.8. The number of aromatic nitrogens is 2. The minimum Gasteiger partial charge on any atom is -0.462 e. The van der Waals surface area contributed by atoms with Gasteiger partial charge >= 0.3 is 5.97 Å². The van der Waals surface area contributed by atoms with Gasteiger partial charge in [-0.05, 0) is 30.5 Å².